The van der Waals surface area contributed by atoms with Crippen molar-refractivity contribution < 1.29 is 89.4 Å². The third-order valence-corrected chi connectivity index (χ3v) is 17.4. The van der Waals surface area contributed by atoms with Gasteiger partial charge in [0.25, 0.3) is 0 Å². The lowest BCUT2D eigenvalue weighted by atomic mass is 9.96. The number of ether oxygens (including phenoxy) is 6. The average Bonchev–Trinajstić information content (AvgIpc) is 0.902. The van der Waals surface area contributed by atoms with Gasteiger partial charge in [-0.1, -0.05) is 239 Å². The summed E-state index contributed by atoms with van der Waals surface area (Å²) in [5.74, 6) is -0.289. The molecule has 19 nitrogen and oxygen atoms in total. The zero-order valence-corrected chi connectivity index (χ0v) is 56.7. The molecule has 3 heterocycles. The van der Waals surface area contributed by atoms with E-state index in [0.29, 0.717) is 12.8 Å². The van der Waals surface area contributed by atoms with Crippen LogP contribution >= 0.6 is 0 Å². The summed E-state index contributed by atoms with van der Waals surface area (Å²) in [6, 6.07) is -0.995. The highest BCUT2D eigenvalue weighted by Crippen LogP contribution is 2.33. The van der Waals surface area contributed by atoms with Gasteiger partial charge >= 0.3 is 0 Å². The van der Waals surface area contributed by atoms with E-state index in [1.54, 1.807) is 6.08 Å². The van der Waals surface area contributed by atoms with Crippen molar-refractivity contribution in [2.45, 2.75) is 336 Å². The monoisotopic (exact) mass is 1320 g/mol. The number of carbonyl (C=O) groups is 1. The molecule has 12 N–H and O–H groups in total. The molecular weight excluding hydrogens is 1190 g/mol. The van der Waals surface area contributed by atoms with E-state index >= 15 is 0 Å². The number of hydrogen-bond acceptors (Lipinski definition) is 18. The van der Waals surface area contributed by atoms with Crippen LogP contribution in [0.4, 0.5) is 0 Å². The quantitative estimate of drug-likeness (QED) is 0.0199. The van der Waals surface area contributed by atoms with E-state index in [1.807, 2.05) is 6.08 Å². The second kappa shape index (κ2) is 54.7. The van der Waals surface area contributed by atoms with Gasteiger partial charge in [0, 0.05) is 6.42 Å². The maximum Gasteiger partial charge on any atom is 0.220 e. The normalized spacial score (nSPS) is 28.1. The average molecular weight is 1320 g/mol. The fraction of sp³-hybridized carbons (Fsp3) is 0.770. The molecule has 3 fully saturated rings. The fourth-order valence-corrected chi connectivity index (χ4v) is 11.6. The van der Waals surface area contributed by atoms with Gasteiger partial charge in [0.15, 0.2) is 18.9 Å². The van der Waals surface area contributed by atoms with E-state index in [1.165, 1.54) is 109 Å². The van der Waals surface area contributed by atoms with Crippen molar-refractivity contribution in [3.8, 4) is 0 Å². The molecule has 0 aliphatic carbocycles. The Morgan fingerprint density at radius 2 is 0.753 bits per heavy atom. The van der Waals surface area contributed by atoms with Crippen LogP contribution in [-0.2, 0) is 33.2 Å². The molecule has 3 aliphatic rings. The van der Waals surface area contributed by atoms with Crippen LogP contribution in [0.25, 0.3) is 0 Å². The molecule has 3 rings (SSSR count). The first-order valence-corrected chi connectivity index (χ1v) is 36.0. The Bertz CT molecular complexity index is 2060. The molecule has 93 heavy (non-hydrogen) atoms. The van der Waals surface area contributed by atoms with Crippen molar-refractivity contribution in [3.05, 3.63) is 97.2 Å². The molecular formula is C74H127NO18. The van der Waals surface area contributed by atoms with Crippen molar-refractivity contribution >= 4 is 5.91 Å². The van der Waals surface area contributed by atoms with Gasteiger partial charge in [0.05, 0.1) is 38.6 Å². The lowest BCUT2D eigenvalue weighted by molar-refractivity contribution is -0.379. The third-order valence-electron chi connectivity index (χ3n) is 17.4. The van der Waals surface area contributed by atoms with E-state index in [0.717, 1.165) is 89.9 Å². The summed E-state index contributed by atoms with van der Waals surface area (Å²) in [5, 5.41) is 120. The van der Waals surface area contributed by atoms with Gasteiger partial charge in [-0.2, -0.15) is 0 Å². The Morgan fingerprint density at radius 1 is 0.398 bits per heavy atom. The number of amides is 1. The number of rotatable bonds is 54. The van der Waals surface area contributed by atoms with E-state index in [9.17, 15) is 61.0 Å². The number of aliphatic hydroxyl groups excluding tert-OH is 11. The van der Waals surface area contributed by atoms with E-state index < -0.39 is 124 Å². The number of carbonyl (C=O) groups excluding carboxylic acids is 1. The Labute approximate surface area is 558 Å². The second-order valence-electron chi connectivity index (χ2n) is 25.3. The number of unbranched alkanes of at least 4 members (excludes halogenated alkanes) is 24. The molecule has 3 saturated heterocycles. The Hall–Kier alpha value is -3.29. The molecule has 1 amide bonds. The van der Waals surface area contributed by atoms with Crippen LogP contribution in [0.2, 0.25) is 0 Å². The predicted octanol–water partition coefficient (Wildman–Crippen LogP) is 10.0. The summed E-state index contributed by atoms with van der Waals surface area (Å²) in [6.07, 6.45) is 45.3. The van der Waals surface area contributed by atoms with Crippen molar-refractivity contribution in [2.75, 3.05) is 26.4 Å². The van der Waals surface area contributed by atoms with Crippen molar-refractivity contribution in [3.63, 3.8) is 0 Å². The lowest BCUT2D eigenvalue weighted by Gasteiger charge is -2.48. The molecule has 17 atom stereocenters. The summed E-state index contributed by atoms with van der Waals surface area (Å²) < 4.78 is 34.3. The summed E-state index contributed by atoms with van der Waals surface area (Å²) in [7, 11) is 0. The maximum atomic E-state index is 13.4. The van der Waals surface area contributed by atoms with Crippen LogP contribution < -0.4 is 5.32 Å². The summed E-state index contributed by atoms with van der Waals surface area (Å²) in [6.45, 7) is 1.59. The van der Waals surface area contributed by atoms with Crippen LogP contribution in [0.5, 0.6) is 0 Å². The van der Waals surface area contributed by atoms with Crippen LogP contribution in [0.15, 0.2) is 97.2 Å². The summed E-state index contributed by atoms with van der Waals surface area (Å²) in [4.78, 5) is 13.4. The molecule has 536 valence electrons. The number of aliphatic hydroxyl groups is 11. The largest absolute Gasteiger partial charge is 0.394 e. The molecule has 0 spiro atoms. The number of allylic oxidation sites excluding steroid dienone is 15. The first kappa shape index (κ1) is 83.9. The Balaban J connectivity index is 1.38. The summed E-state index contributed by atoms with van der Waals surface area (Å²) in [5.41, 5.74) is 0. The minimum Gasteiger partial charge on any atom is -0.394 e. The lowest BCUT2D eigenvalue weighted by Crippen LogP contribution is -2.66. The van der Waals surface area contributed by atoms with Crippen molar-refractivity contribution in [1.29, 1.82) is 0 Å². The predicted molar refractivity (Wildman–Crippen MR) is 364 cm³/mol. The van der Waals surface area contributed by atoms with Gasteiger partial charge in [-0.25, -0.2) is 0 Å². The Morgan fingerprint density at radius 3 is 1.20 bits per heavy atom. The van der Waals surface area contributed by atoms with Crippen molar-refractivity contribution in [2.24, 2.45) is 0 Å². The van der Waals surface area contributed by atoms with E-state index in [2.05, 4.69) is 104 Å². The second-order valence-corrected chi connectivity index (χ2v) is 25.3. The molecule has 0 aromatic carbocycles. The first-order chi connectivity index (χ1) is 45.3. The zero-order chi connectivity index (χ0) is 67.5. The van der Waals surface area contributed by atoms with E-state index in [4.69, 9.17) is 28.4 Å². The van der Waals surface area contributed by atoms with Crippen LogP contribution in [-0.4, -0.2) is 193 Å². The van der Waals surface area contributed by atoms with Gasteiger partial charge in [0.2, 0.25) is 5.91 Å². The first-order valence-electron chi connectivity index (χ1n) is 36.0. The van der Waals surface area contributed by atoms with Gasteiger partial charge in [-0.3, -0.25) is 4.79 Å². The molecule has 0 radical (unpaired) electrons. The molecule has 17 unspecified atom stereocenters. The third kappa shape index (κ3) is 36.2. The van der Waals surface area contributed by atoms with E-state index in [-0.39, 0.29) is 18.9 Å². The van der Waals surface area contributed by atoms with Crippen LogP contribution in [0.3, 0.4) is 0 Å². The van der Waals surface area contributed by atoms with Gasteiger partial charge in [-0.15, -0.1) is 0 Å². The number of nitrogens with one attached hydrogen (secondary N) is 1. The Kier molecular flexibility index (Phi) is 49.4. The smallest absolute Gasteiger partial charge is 0.220 e. The van der Waals surface area contributed by atoms with Crippen LogP contribution in [0, 0.1) is 0 Å². The SMILES string of the molecule is CC/C=C\C/C=C\C/C=C\C/C=C\C/C=C\C/C=C\CCCCCCCCCCCCCCCCC(=O)NC(COC1OC(CO)C(OC2OC(CO)C(OC3OC(CO)C(O)C(O)C3O)C(O)C2O)C(O)C1O)C(O)/C=C/CC/C=C/CCCCCCCCCCC. The highest BCUT2D eigenvalue weighted by Gasteiger charge is 2.53. The molecule has 0 bridgehead atoms. The minimum absolute atomic E-state index is 0.230. The maximum absolute atomic E-state index is 13.4. The standard InChI is InChI=1S/C74H127NO18/c1-3-5-7-9-11-13-15-17-19-20-21-22-23-24-25-26-27-28-29-30-31-32-33-34-35-36-38-40-42-44-46-48-50-52-62(80)75-57(58(79)51-49-47-45-43-41-39-37-18-16-14-12-10-8-6-4-2)56-88-72-68(86)65(83)70(60(54-77)90-72)93-74-69(87)66(84)71(61(55-78)91-74)92-73-67(85)64(82)63(81)59(53-76)89-73/h5,7,11,13,17,19,21-22,24-25,27-28,41,43,49,51,57-61,63-74,76-79,81-87H,3-4,6,8-10,12,14-16,18,20,23,26,29-40,42,44-48,50,52-56H2,1-2H3,(H,75,80)/b7-5-,13-11-,19-17-,22-21-,25-24-,28-27-,43-41+,51-49+. The number of hydrogen-bond donors (Lipinski definition) is 12. The van der Waals surface area contributed by atoms with Gasteiger partial charge < -0.3 is 89.9 Å². The fourth-order valence-electron chi connectivity index (χ4n) is 11.6. The summed E-state index contributed by atoms with van der Waals surface area (Å²) >= 11 is 0. The van der Waals surface area contributed by atoms with Gasteiger partial charge in [-0.05, 0) is 83.5 Å². The highest BCUT2D eigenvalue weighted by molar-refractivity contribution is 5.76. The van der Waals surface area contributed by atoms with Gasteiger partial charge in [0.1, 0.15) is 73.2 Å². The topological polar surface area (TPSA) is 307 Å². The molecule has 19 heteroatoms. The molecule has 0 aromatic heterocycles. The molecule has 3 aliphatic heterocycles. The minimum atomic E-state index is -1.98. The molecule has 0 saturated carbocycles. The highest BCUT2D eigenvalue weighted by atomic mass is 16.8. The molecule has 0 aromatic rings. The van der Waals surface area contributed by atoms with Crippen molar-refractivity contribution in [1.82, 2.24) is 5.32 Å². The van der Waals surface area contributed by atoms with Crippen LogP contribution in [0.1, 0.15) is 232 Å². The zero-order valence-electron chi connectivity index (χ0n) is 56.7.